The van der Waals surface area contributed by atoms with Crippen molar-refractivity contribution in [2.24, 2.45) is 0 Å². The van der Waals surface area contributed by atoms with Gasteiger partial charge < -0.3 is 0 Å². The molecule has 0 aromatic heterocycles. The Morgan fingerprint density at radius 2 is 1.81 bits per heavy atom. The SMILES string of the molecule is FC1(F)CCN(Cc2ccccc2I)CC1. The van der Waals surface area contributed by atoms with Crippen molar-refractivity contribution in [3.8, 4) is 0 Å². The van der Waals surface area contributed by atoms with Crippen molar-refractivity contribution < 1.29 is 8.78 Å². The largest absolute Gasteiger partial charge is 0.299 e. The minimum absolute atomic E-state index is 0.00356. The van der Waals surface area contributed by atoms with Gasteiger partial charge in [-0.15, -0.1) is 0 Å². The van der Waals surface area contributed by atoms with E-state index in [0.717, 1.165) is 6.54 Å². The summed E-state index contributed by atoms with van der Waals surface area (Å²) in [5.74, 6) is -2.44. The molecule has 1 aromatic carbocycles. The number of nitrogens with zero attached hydrogens (tertiary/aromatic N) is 1. The third-order valence-corrected chi connectivity index (χ3v) is 3.99. The molecule has 0 amide bonds. The van der Waals surface area contributed by atoms with Crippen LogP contribution >= 0.6 is 22.6 Å². The monoisotopic (exact) mass is 337 g/mol. The van der Waals surface area contributed by atoms with Crippen LogP contribution in [0.1, 0.15) is 18.4 Å². The first-order chi connectivity index (χ1) is 7.57. The molecule has 0 saturated carbocycles. The topological polar surface area (TPSA) is 3.24 Å². The van der Waals surface area contributed by atoms with Crippen LogP contribution in [0.25, 0.3) is 0 Å². The summed E-state index contributed by atoms with van der Waals surface area (Å²) < 4.78 is 27.1. The number of piperidine rings is 1. The molecule has 1 aromatic rings. The number of likely N-dealkylation sites (tertiary alicyclic amines) is 1. The van der Waals surface area contributed by atoms with Crippen molar-refractivity contribution in [1.82, 2.24) is 4.90 Å². The molecule has 1 nitrogen and oxygen atoms in total. The summed E-state index contributed by atoms with van der Waals surface area (Å²) in [6, 6.07) is 8.11. The van der Waals surface area contributed by atoms with E-state index in [1.807, 2.05) is 12.1 Å². The van der Waals surface area contributed by atoms with Gasteiger partial charge in [0.2, 0.25) is 0 Å². The molecule has 0 atom stereocenters. The van der Waals surface area contributed by atoms with Gasteiger partial charge in [-0.1, -0.05) is 18.2 Å². The van der Waals surface area contributed by atoms with Crippen LogP contribution in [-0.4, -0.2) is 23.9 Å². The second-order valence-corrected chi connectivity index (χ2v) is 5.39. The maximum Gasteiger partial charge on any atom is 0.250 e. The molecule has 0 radical (unpaired) electrons. The van der Waals surface area contributed by atoms with Gasteiger partial charge in [0.15, 0.2) is 0 Å². The molecule has 2 rings (SSSR count). The number of alkyl halides is 2. The average Bonchev–Trinajstić information content (AvgIpc) is 2.24. The average molecular weight is 337 g/mol. The highest BCUT2D eigenvalue weighted by molar-refractivity contribution is 14.1. The second kappa shape index (κ2) is 4.96. The summed E-state index contributed by atoms with van der Waals surface area (Å²) in [5.41, 5.74) is 1.23. The zero-order valence-electron chi connectivity index (χ0n) is 8.93. The van der Waals surface area contributed by atoms with E-state index in [-0.39, 0.29) is 12.8 Å². The maximum atomic E-state index is 13.0. The van der Waals surface area contributed by atoms with E-state index in [1.54, 1.807) is 0 Å². The van der Waals surface area contributed by atoms with Gasteiger partial charge >= 0.3 is 0 Å². The number of hydrogen-bond donors (Lipinski definition) is 0. The van der Waals surface area contributed by atoms with Crippen molar-refractivity contribution in [3.63, 3.8) is 0 Å². The first-order valence-corrected chi connectivity index (χ1v) is 6.48. The van der Waals surface area contributed by atoms with Crippen molar-refractivity contribution in [1.29, 1.82) is 0 Å². The van der Waals surface area contributed by atoms with Gasteiger partial charge in [0.05, 0.1) is 0 Å². The van der Waals surface area contributed by atoms with E-state index in [4.69, 9.17) is 0 Å². The Balaban J connectivity index is 1.95. The lowest BCUT2D eigenvalue weighted by Crippen LogP contribution is -2.38. The summed E-state index contributed by atoms with van der Waals surface area (Å²) in [6.45, 7) is 1.78. The van der Waals surface area contributed by atoms with Gasteiger partial charge in [0, 0.05) is 36.0 Å². The van der Waals surface area contributed by atoms with Crippen LogP contribution in [0, 0.1) is 3.57 Å². The molecule has 16 heavy (non-hydrogen) atoms. The van der Waals surface area contributed by atoms with Gasteiger partial charge in [0.1, 0.15) is 0 Å². The van der Waals surface area contributed by atoms with Crippen LogP contribution in [0.4, 0.5) is 8.78 Å². The molecule has 1 fully saturated rings. The van der Waals surface area contributed by atoms with Gasteiger partial charge in [-0.25, -0.2) is 8.78 Å². The van der Waals surface area contributed by atoms with E-state index in [0.29, 0.717) is 13.1 Å². The first-order valence-electron chi connectivity index (χ1n) is 5.40. The van der Waals surface area contributed by atoms with E-state index >= 15 is 0 Å². The molecule has 1 saturated heterocycles. The Labute approximate surface area is 108 Å². The summed E-state index contributed by atoms with van der Waals surface area (Å²) in [6.07, 6.45) is -0.00712. The fraction of sp³-hybridized carbons (Fsp3) is 0.500. The fourth-order valence-electron chi connectivity index (χ4n) is 1.91. The molecule has 0 bridgehead atoms. The Morgan fingerprint density at radius 1 is 1.19 bits per heavy atom. The van der Waals surface area contributed by atoms with Crippen molar-refractivity contribution in [2.45, 2.75) is 25.3 Å². The van der Waals surface area contributed by atoms with Gasteiger partial charge in [-0.3, -0.25) is 4.90 Å². The lowest BCUT2D eigenvalue weighted by atomic mass is 10.1. The van der Waals surface area contributed by atoms with E-state index < -0.39 is 5.92 Å². The van der Waals surface area contributed by atoms with Crippen LogP contribution in [0.15, 0.2) is 24.3 Å². The lowest BCUT2D eigenvalue weighted by Gasteiger charge is -2.31. The minimum atomic E-state index is -2.44. The molecule has 88 valence electrons. The number of halogens is 3. The Bertz CT molecular complexity index is 358. The number of benzene rings is 1. The smallest absolute Gasteiger partial charge is 0.250 e. The summed E-state index contributed by atoms with van der Waals surface area (Å²) in [7, 11) is 0. The Kier molecular flexibility index (Phi) is 3.79. The minimum Gasteiger partial charge on any atom is -0.299 e. The van der Waals surface area contributed by atoms with Crippen LogP contribution in [0.2, 0.25) is 0 Å². The molecule has 1 heterocycles. The highest BCUT2D eigenvalue weighted by atomic mass is 127. The normalized spacial score (nSPS) is 20.9. The zero-order chi connectivity index (χ0) is 11.6. The van der Waals surface area contributed by atoms with Crippen LogP contribution in [0.3, 0.4) is 0 Å². The van der Waals surface area contributed by atoms with Crippen LogP contribution in [-0.2, 0) is 6.54 Å². The zero-order valence-corrected chi connectivity index (χ0v) is 11.1. The molecule has 0 N–H and O–H groups in total. The van der Waals surface area contributed by atoms with Crippen molar-refractivity contribution >= 4 is 22.6 Å². The van der Waals surface area contributed by atoms with E-state index in [1.165, 1.54) is 9.13 Å². The standard InChI is InChI=1S/C12H14F2IN/c13-12(14)5-7-16(8-6-12)9-10-3-1-2-4-11(10)15/h1-4H,5-9H2. The summed E-state index contributed by atoms with van der Waals surface area (Å²) >= 11 is 2.29. The molecule has 0 spiro atoms. The molecule has 1 aliphatic heterocycles. The van der Waals surface area contributed by atoms with Gasteiger partial charge in [0.25, 0.3) is 5.92 Å². The third-order valence-electron chi connectivity index (χ3n) is 2.94. The van der Waals surface area contributed by atoms with Crippen molar-refractivity contribution in [3.05, 3.63) is 33.4 Å². The molecule has 0 unspecified atom stereocenters. The number of rotatable bonds is 2. The lowest BCUT2D eigenvalue weighted by molar-refractivity contribution is -0.0566. The van der Waals surface area contributed by atoms with Crippen molar-refractivity contribution in [2.75, 3.05) is 13.1 Å². The quantitative estimate of drug-likeness (QED) is 0.747. The van der Waals surface area contributed by atoms with Crippen LogP contribution in [0.5, 0.6) is 0 Å². The molecular weight excluding hydrogens is 323 g/mol. The van der Waals surface area contributed by atoms with Crippen LogP contribution < -0.4 is 0 Å². The second-order valence-electron chi connectivity index (χ2n) is 4.22. The molecule has 4 heteroatoms. The summed E-state index contributed by atoms with van der Waals surface area (Å²) in [5, 5.41) is 0. The highest BCUT2D eigenvalue weighted by Gasteiger charge is 2.33. The molecule has 0 aliphatic carbocycles. The van der Waals surface area contributed by atoms with Gasteiger partial charge in [-0.05, 0) is 34.2 Å². The predicted octanol–water partition coefficient (Wildman–Crippen LogP) is 3.52. The van der Waals surface area contributed by atoms with E-state index in [2.05, 4.69) is 39.6 Å². The highest BCUT2D eigenvalue weighted by Crippen LogP contribution is 2.28. The van der Waals surface area contributed by atoms with E-state index in [9.17, 15) is 8.78 Å². The molecule has 1 aliphatic rings. The predicted molar refractivity (Wildman–Crippen MR) is 68.6 cm³/mol. The maximum absolute atomic E-state index is 13.0. The third kappa shape index (κ3) is 3.13. The first kappa shape index (κ1) is 12.2. The Hall–Kier alpha value is -0.230. The molecular formula is C12H14F2IN. The summed E-state index contributed by atoms with van der Waals surface area (Å²) in [4.78, 5) is 2.11. The number of hydrogen-bond acceptors (Lipinski definition) is 1. The fourth-order valence-corrected chi connectivity index (χ4v) is 2.46. The Morgan fingerprint density at radius 3 is 2.44 bits per heavy atom. The van der Waals surface area contributed by atoms with Gasteiger partial charge in [-0.2, -0.15) is 0 Å².